The van der Waals surface area contributed by atoms with E-state index in [1.165, 1.54) is 5.56 Å². The third kappa shape index (κ3) is 4.83. The van der Waals surface area contributed by atoms with Crippen molar-refractivity contribution in [3.63, 3.8) is 0 Å². The second kappa shape index (κ2) is 9.14. The van der Waals surface area contributed by atoms with Gasteiger partial charge in [0.1, 0.15) is 0 Å². The molecule has 0 saturated carbocycles. The minimum absolute atomic E-state index is 0.0576. The Hall–Kier alpha value is -1.92. The van der Waals surface area contributed by atoms with Crippen molar-refractivity contribution < 1.29 is 14.3 Å². The van der Waals surface area contributed by atoms with Crippen molar-refractivity contribution in [2.75, 3.05) is 45.9 Å². The van der Waals surface area contributed by atoms with Crippen molar-refractivity contribution in [2.24, 2.45) is 0 Å². The van der Waals surface area contributed by atoms with E-state index >= 15 is 0 Å². The van der Waals surface area contributed by atoms with Crippen LogP contribution in [0.1, 0.15) is 31.2 Å². The molecule has 2 heterocycles. The lowest BCUT2D eigenvalue weighted by atomic mass is 9.94. The van der Waals surface area contributed by atoms with Crippen molar-refractivity contribution in [3.05, 3.63) is 35.9 Å². The molecule has 1 N–H and O–H groups in total. The van der Waals surface area contributed by atoms with Gasteiger partial charge in [0.05, 0.1) is 13.2 Å². The number of carbonyl (C=O) groups is 2. The van der Waals surface area contributed by atoms with Gasteiger partial charge in [0.25, 0.3) is 0 Å². The summed E-state index contributed by atoms with van der Waals surface area (Å²) in [4.78, 5) is 28.3. The molecule has 2 atom stereocenters. The number of benzene rings is 1. The minimum atomic E-state index is -0.0576. The van der Waals surface area contributed by atoms with Gasteiger partial charge in [0.15, 0.2) is 0 Å². The van der Waals surface area contributed by atoms with E-state index in [0.717, 1.165) is 32.7 Å². The van der Waals surface area contributed by atoms with E-state index in [9.17, 15) is 9.59 Å². The molecule has 6 nitrogen and oxygen atoms in total. The fourth-order valence-electron chi connectivity index (χ4n) is 3.89. The quantitative estimate of drug-likeness (QED) is 0.709. The van der Waals surface area contributed by atoms with Gasteiger partial charge in [0, 0.05) is 51.2 Å². The van der Waals surface area contributed by atoms with Gasteiger partial charge in [-0.05, 0) is 18.9 Å². The lowest BCUT2D eigenvalue weighted by Gasteiger charge is -2.22. The Bertz CT molecular complexity index is 608. The van der Waals surface area contributed by atoms with Crippen LogP contribution in [0.5, 0.6) is 0 Å². The standard InChI is InChI=1S/C20H29N3O3/c1-2-26-12-11-22-13-17(16-7-4-3-5-8-16)18(14-22)21-19(24)15-23-10-6-9-20(23)25/h3-5,7-8,17-18H,2,6,9-15H2,1H3,(H,21,24)/t17-,18+/m1/s1. The van der Waals surface area contributed by atoms with Crippen molar-refractivity contribution in [3.8, 4) is 0 Å². The summed E-state index contributed by atoms with van der Waals surface area (Å²) in [5, 5.41) is 3.18. The van der Waals surface area contributed by atoms with Gasteiger partial charge in [0.2, 0.25) is 11.8 Å². The van der Waals surface area contributed by atoms with Gasteiger partial charge < -0.3 is 15.0 Å². The molecular formula is C20H29N3O3. The first-order valence-electron chi connectivity index (χ1n) is 9.59. The van der Waals surface area contributed by atoms with Gasteiger partial charge in [-0.25, -0.2) is 0 Å². The van der Waals surface area contributed by atoms with E-state index in [-0.39, 0.29) is 30.3 Å². The molecule has 1 aromatic rings. The van der Waals surface area contributed by atoms with E-state index in [0.29, 0.717) is 19.6 Å². The third-order valence-electron chi connectivity index (χ3n) is 5.23. The minimum Gasteiger partial charge on any atom is -0.380 e. The molecule has 2 amide bonds. The summed E-state index contributed by atoms with van der Waals surface area (Å²) in [6.07, 6.45) is 1.42. The maximum Gasteiger partial charge on any atom is 0.239 e. The second-order valence-electron chi connectivity index (χ2n) is 7.07. The lowest BCUT2D eigenvalue weighted by Crippen LogP contribution is -2.45. The van der Waals surface area contributed by atoms with Crippen molar-refractivity contribution in [1.82, 2.24) is 15.1 Å². The predicted octanol–water partition coefficient (Wildman–Crippen LogP) is 1.23. The van der Waals surface area contributed by atoms with Crippen LogP contribution in [-0.4, -0.2) is 73.6 Å². The number of nitrogens with one attached hydrogen (secondary N) is 1. The highest BCUT2D eigenvalue weighted by atomic mass is 16.5. The van der Waals surface area contributed by atoms with Crippen LogP contribution in [0.25, 0.3) is 0 Å². The maximum absolute atomic E-state index is 12.5. The monoisotopic (exact) mass is 359 g/mol. The summed E-state index contributed by atoms with van der Waals surface area (Å²) >= 11 is 0. The smallest absolute Gasteiger partial charge is 0.239 e. The topological polar surface area (TPSA) is 61.9 Å². The molecule has 0 radical (unpaired) electrons. The molecule has 2 fully saturated rings. The normalized spacial score (nSPS) is 23.6. The van der Waals surface area contributed by atoms with E-state index < -0.39 is 0 Å². The Labute approximate surface area is 155 Å². The molecule has 2 aliphatic rings. The Morgan fingerprint density at radius 3 is 2.77 bits per heavy atom. The third-order valence-corrected chi connectivity index (χ3v) is 5.23. The fourth-order valence-corrected chi connectivity index (χ4v) is 3.89. The number of rotatable bonds is 8. The predicted molar refractivity (Wildman–Crippen MR) is 99.9 cm³/mol. The fraction of sp³-hybridized carbons (Fsp3) is 0.600. The Morgan fingerprint density at radius 1 is 1.27 bits per heavy atom. The molecule has 2 aliphatic heterocycles. The number of nitrogens with zero attached hydrogens (tertiary/aromatic N) is 2. The zero-order chi connectivity index (χ0) is 18.4. The highest BCUT2D eigenvalue weighted by molar-refractivity contribution is 5.86. The lowest BCUT2D eigenvalue weighted by molar-refractivity contribution is -0.133. The molecule has 142 valence electrons. The summed E-state index contributed by atoms with van der Waals surface area (Å²) < 4.78 is 5.48. The summed E-state index contributed by atoms with van der Waals surface area (Å²) in [7, 11) is 0. The highest BCUT2D eigenvalue weighted by Gasteiger charge is 2.35. The number of likely N-dealkylation sites (tertiary alicyclic amines) is 2. The van der Waals surface area contributed by atoms with Gasteiger partial charge in [-0.3, -0.25) is 14.5 Å². The highest BCUT2D eigenvalue weighted by Crippen LogP contribution is 2.27. The molecule has 2 saturated heterocycles. The molecule has 3 rings (SSSR count). The largest absolute Gasteiger partial charge is 0.380 e. The Morgan fingerprint density at radius 2 is 2.08 bits per heavy atom. The zero-order valence-corrected chi connectivity index (χ0v) is 15.5. The van der Waals surface area contributed by atoms with Crippen LogP contribution in [-0.2, 0) is 14.3 Å². The molecule has 0 aromatic heterocycles. The second-order valence-corrected chi connectivity index (χ2v) is 7.07. The maximum atomic E-state index is 12.5. The van der Waals surface area contributed by atoms with E-state index in [1.54, 1.807) is 4.90 Å². The van der Waals surface area contributed by atoms with Crippen molar-refractivity contribution >= 4 is 11.8 Å². The first-order valence-corrected chi connectivity index (χ1v) is 9.59. The van der Waals surface area contributed by atoms with Gasteiger partial charge >= 0.3 is 0 Å². The first-order chi connectivity index (χ1) is 12.7. The molecule has 0 spiro atoms. The molecule has 0 unspecified atom stereocenters. The van der Waals surface area contributed by atoms with E-state index in [4.69, 9.17) is 4.74 Å². The molecule has 0 bridgehead atoms. The molecule has 26 heavy (non-hydrogen) atoms. The van der Waals surface area contributed by atoms with Crippen LogP contribution in [0, 0.1) is 0 Å². The Balaban J connectivity index is 1.61. The van der Waals surface area contributed by atoms with E-state index in [1.807, 2.05) is 25.1 Å². The summed E-state index contributed by atoms with van der Waals surface area (Å²) in [6.45, 7) is 6.89. The van der Waals surface area contributed by atoms with Crippen LogP contribution in [0.4, 0.5) is 0 Å². The number of hydrogen-bond acceptors (Lipinski definition) is 4. The number of ether oxygens (including phenoxy) is 1. The van der Waals surface area contributed by atoms with Gasteiger partial charge in [-0.2, -0.15) is 0 Å². The molecule has 6 heteroatoms. The molecule has 0 aliphatic carbocycles. The van der Waals surface area contributed by atoms with Gasteiger partial charge in [-0.15, -0.1) is 0 Å². The van der Waals surface area contributed by atoms with Crippen LogP contribution in [0.15, 0.2) is 30.3 Å². The summed E-state index contributed by atoms with van der Waals surface area (Å²) in [6, 6.07) is 10.4. The SMILES string of the molecule is CCOCCN1C[C@H](NC(=O)CN2CCCC2=O)[C@@H](c2ccccc2)C1. The van der Waals surface area contributed by atoms with E-state index in [2.05, 4.69) is 22.3 Å². The van der Waals surface area contributed by atoms with Crippen molar-refractivity contribution in [1.29, 1.82) is 0 Å². The number of hydrogen-bond donors (Lipinski definition) is 1. The average Bonchev–Trinajstić information content (AvgIpc) is 3.22. The van der Waals surface area contributed by atoms with Crippen LogP contribution in [0.2, 0.25) is 0 Å². The average molecular weight is 359 g/mol. The van der Waals surface area contributed by atoms with Crippen LogP contribution < -0.4 is 5.32 Å². The Kier molecular flexibility index (Phi) is 6.63. The van der Waals surface area contributed by atoms with Crippen LogP contribution in [0.3, 0.4) is 0 Å². The van der Waals surface area contributed by atoms with Crippen LogP contribution >= 0.6 is 0 Å². The first kappa shape index (κ1) is 18.9. The van der Waals surface area contributed by atoms with Gasteiger partial charge in [-0.1, -0.05) is 30.3 Å². The summed E-state index contributed by atoms with van der Waals surface area (Å²) in [5.41, 5.74) is 1.24. The summed E-state index contributed by atoms with van der Waals surface area (Å²) in [5.74, 6) is 0.290. The molecular weight excluding hydrogens is 330 g/mol. The zero-order valence-electron chi connectivity index (χ0n) is 15.5. The van der Waals surface area contributed by atoms with Crippen molar-refractivity contribution in [2.45, 2.75) is 31.7 Å². The molecule has 1 aromatic carbocycles. The number of carbonyl (C=O) groups excluding carboxylic acids is 2. The number of amides is 2.